The van der Waals surface area contributed by atoms with Crippen LogP contribution in [0.4, 0.5) is 5.82 Å². The maximum Gasteiger partial charge on any atom is 0.256 e. The molecule has 0 aliphatic rings. The van der Waals surface area contributed by atoms with E-state index >= 15 is 0 Å². The Kier molecular flexibility index (Phi) is 5.77. The molecule has 2 rings (SSSR count). The number of carbonyl (C=O) groups excluding carboxylic acids is 1. The monoisotopic (exact) mass is 349 g/mol. The molecule has 0 aliphatic heterocycles. The Morgan fingerprint density at radius 1 is 1.21 bits per heavy atom. The molecule has 0 fully saturated rings. The van der Waals surface area contributed by atoms with Crippen molar-refractivity contribution in [3.8, 4) is 0 Å². The molecule has 0 unspecified atom stereocenters. The Bertz CT molecular complexity index is 793. The molecule has 0 saturated heterocycles. The van der Waals surface area contributed by atoms with Crippen LogP contribution in [0.25, 0.3) is 0 Å². The summed E-state index contributed by atoms with van der Waals surface area (Å²) in [6.07, 6.45) is 1.66. The molecule has 0 atom stereocenters. The molecule has 0 bridgehead atoms. The van der Waals surface area contributed by atoms with Gasteiger partial charge in [0, 0.05) is 23.6 Å². The fraction of sp³-hybridized carbons (Fsp3) is 0.412. The minimum atomic E-state index is -3.03. The molecule has 1 N–H and O–H groups in total. The predicted octanol–water partition coefficient (Wildman–Crippen LogP) is 2.69. The Labute approximate surface area is 142 Å². The molecule has 1 aromatic carbocycles. The highest BCUT2D eigenvalue weighted by molar-refractivity contribution is 7.91. The quantitative estimate of drug-likeness (QED) is 0.833. The summed E-state index contributed by atoms with van der Waals surface area (Å²) in [4.78, 5) is 12.2. The molecule has 24 heavy (non-hydrogen) atoms. The van der Waals surface area contributed by atoms with E-state index in [1.807, 2.05) is 12.1 Å². The highest BCUT2D eigenvalue weighted by Gasteiger charge is 2.11. The third-order valence-corrected chi connectivity index (χ3v) is 5.48. The number of amides is 1. The van der Waals surface area contributed by atoms with Gasteiger partial charge in [0.05, 0.1) is 12.3 Å². The number of carbonyl (C=O) groups is 1. The second-order valence-electron chi connectivity index (χ2n) is 5.93. The summed E-state index contributed by atoms with van der Waals surface area (Å²) in [5.74, 6) is 0.732. The highest BCUT2D eigenvalue weighted by Crippen LogP contribution is 2.15. The summed E-state index contributed by atoms with van der Waals surface area (Å²) in [6, 6.07) is 9.10. The lowest BCUT2D eigenvalue weighted by Crippen LogP contribution is -2.16. The van der Waals surface area contributed by atoms with Gasteiger partial charge in [0.25, 0.3) is 5.91 Å². The van der Waals surface area contributed by atoms with Crippen LogP contribution in [0.15, 0.2) is 36.5 Å². The number of aromatic nitrogens is 2. The molecular formula is C17H23N3O3S. The molecule has 0 saturated carbocycles. The Morgan fingerprint density at radius 3 is 2.46 bits per heavy atom. The lowest BCUT2D eigenvalue weighted by molar-refractivity contribution is 0.102. The van der Waals surface area contributed by atoms with E-state index in [9.17, 15) is 13.2 Å². The maximum absolute atomic E-state index is 12.2. The number of benzene rings is 1. The standard InChI is InChI=1S/C17H23N3O3S/c1-4-24(22,23)12-11-20-10-9-16(19-20)18-17(21)15-7-5-14(6-8-15)13(2)3/h5-10,13H,4,11-12H2,1-3H3,(H,18,19,21). The first-order valence-corrected chi connectivity index (χ1v) is 9.78. The van der Waals surface area contributed by atoms with Crippen molar-refractivity contribution in [1.82, 2.24) is 9.78 Å². The van der Waals surface area contributed by atoms with E-state index in [4.69, 9.17) is 0 Å². The minimum Gasteiger partial charge on any atom is -0.305 e. The van der Waals surface area contributed by atoms with Crippen molar-refractivity contribution in [2.75, 3.05) is 16.8 Å². The van der Waals surface area contributed by atoms with Crippen LogP contribution in [0.3, 0.4) is 0 Å². The van der Waals surface area contributed by atoms with Crippen LogP contribution in [-0.4, -0.2) is 35.6 Å². The van der Waals surface area contributed by atoms with Crippen LogP contribution in [0, 0.1) is 0 Å². The van der Waals surface area contributed by atoms with Crippen LogP contribution in [0.2, 0.25) is 0 Å². The first-order chi connectivity index (χ1) is 11.3. The molecule has 7 heteroatoms. The topological polar surface area (TPSA) is 81.1 Å². The SMILES string of the molecule is CCS(=O)(=O)CCn1ccc(NC(=O)c2ccc(C(C)C)cc2)n1. The largest absolute Gasteiger partial charge is 0.305 e. The van der Waals surface area contributed by atoms with Crippen LogP contribution in [0.5, 0.6) is 0 Å². The smallest absolute Gasteiger partial charge is 0.256 e. The number of hydrogen-bond acceptors (Lipinski definition) is 4. The molecule has 0 aliphatic carbocycles. The lowest BCUT2D eigenvalue weighted by atomic mass is 10.0. The number of hydrogen-bond donors (Lipinski definition) is 1. The van der Waals surface area contributed by atoms with Crippen molar-refractivity contribution < 1.29 is 13.2 Å². The van der Waals surface area contributed by atoms with E-state index in [0.717, 1.165) is 0 Å². The molecular weight excluding hydrogens is 326 g/mol. The van der Waals surface area contributed by atoms with Gasteiger partial charge in [-0.25, -0.2) is 8.42 Å². The van der Waals surface area contributed by atoms with E-state index in [1.165, 1.54) is 10.2 Å². The zero-order valence-electron chi connectivity index (χ0n) is 14.2. The fourth-order valence-electron chi connectivity index (χ4n) is 2.14. The highest BCUT2D eigenvalue weighted by atomic mass is 32.2. The molecule has 0 radical (unpaired) electrons. The van der Waals surface area contributed by atoms with E-state index in [2.05, 4.69) is 24.3 Å². The molecule has 2 aromatic rings. The van der Waals surface area contributed by atoms with Gasteiger partial charge in [0.2, 0.25) is 0 Å². The molecule has 1 heterocycles. The average Bonchev–Trinajstić information content (AvgIpc) is 3.00. The van der Waals surface area contributed by atoms with Crippen molar-refractivity contribution in [3.63, 3.8) is 0 Å². The predicted molar refractivity (Wildman–Crippen MR) is 95.0 cm³/mol. The second kappa shape index (κ2) is 7.61. The molecule has 1 amide bonds. The minimum absolute atomic E-state index is 0.0369. The van der Waals surface area contributed by atoms with Gasteiger partial charge < -0.3 is 5.32 Å². The average molecular weight is 349 g/mol. The Hall–Kier alpha value is -2.15. The van der Waals surface area contributed by atoms with E-state index in [0.29, 0.717) is 17.3 Å². The number of rotatable bonds is 7. The van der Waals surface area contributed by atoms with Gasteiger partial charge in [-0.05, 0) is 23.6 Å². The number of sulfone groups is 1. The third-order valence-electron chi connectivity index (χ3n) is 3.79. The van der Waals surface area contributed by atoms with E-state index < -0.39 is 9.84 Å². The van der Waals surface area contributed by atoms with Crippen LogP contribution < -0.4 is 5.32 Å². The van der Waals surface area contributed by atoms with Crippen molar-refractivity contribution in [2.45, 2.75) is 33.2 Å². The summed E-state index contributed by atoms with van der Waals surface area (Å²) in [6.45, 7) is 6.09. The Morgan fingerprint density at radius 2 is 1.88 bits per heavy atom. The fourth-order valence-corrected chi connectivity index (χ4v) is 2.89. The molecule has 130 valence electrons. The van der Waals surface area contributed by atoms with Gasteiger partial charge in [0.1, 0.15) is 0 Å². The Balaban J connectivity index is 1.97. The van der Waals surface area contributed by atoms with Crippen LogP contribution in [0.1, 0.15) is 42.6 Å². The number of nitrogens with zero attached hydrogens (tertiary/aromatic N) is 2. The maximum atomic E-state index is 12.2. The van der Waals surface area contributed by atoms with E-state index in [-0.39, 0.29) is 24.0 Å². The van der Waals surface area contributed by atoms with Gasteiger partial charge in [-0.3, -0.25) is 9.48 Å². The number of anilines is 1. The van der Waals surface area contributed by atoms with Crippen LogP contribution >= 0.6 is 0 Å². The second-order valence-corrected chi connectivity index (χ2v) is 8.40. The number of aryl methyl sites for hydroxylation is 1. The van der Waals surface area contributed by atoms with Gasteiger partial charge in [-0.15, -0.1) is 0 Å². The number of nitrogens with one attached hydrogen (secondary N) is 1. The van der Waals surface area contributed by atoms with Gasteiger partial charge in [-0.2, -0.15) is 5.10 Å². The van der Waals surface area contributed by atoms with Crippen molar-refractivity contribution in [2.24, 2.45) is 0 Å². The third kappa shape index (κ3) is 4.92. The van der Waals surface area contributed by atoms with Gasteiger partial charge >= 0.3 is 0 Å². The summed E-state index contributed by atoms with van der Waals surface area (Å²) < 4.78 is 24.5. The summed E-state index contributed by atoms with van der Waals surface area (Å²) in [5, 5.41) is 6.90. The van der Waals surface area contributed by atoms with Crippen LogP contribution in [-0.2, 0) is 16.4 Å². The van der Waals surface area contributed by atoms with Gasteiger partial charge in [-0.1, -0.05) is 32.9 Å². The molecule has 0 spiro atoms. The molecule has 1 aromatic heterocycles. The summed E-state index contributed by atoms with van der Waals surface area (Å²) in [7, 11) is -3.03. The van der Waals surface area contributed by atoms with Gasteiger partial charge in [0.15, 0.2) is 15.7 Å². The first-order valence-electron chi connectivity index (χ1n) is 7.96. The zero-order chi connectivity index (χ0) is 17.7. The van der Waals surface area contributed by atoms with E-state index in [1.54, 1.807) is 31.3 Å². The van der Waals surface area contributed by atoms with Crippen molar-refractivity contribution in [1.29, 1.82) is 0 Å². The first kappa shape index (κ1) is 18.2. The lowest BCUT2D eigenvalue weighted by Gasteiger charge is -2.07. The molecule has 6 nitrogen and oxygen atoms in total. The summed E-state index contributed by atoms with van der Waals surface area (Å²) in [5.41, 5.74) is 1.73. The van der Waals surface area contributed by atoms with Crippen molar-refractivity contribution in [3.05, 3.63) is 47.7 Å². The van der Waals surface area contributed by atoms with Crippen molar-refractivity contribution >= 4 is 21.6 Å². The normalized spacial score (nSPS) is 11.7. The zero-order valence-corrected chi connectivity index (χ0v) is 15.0. The summed E-state index contributed by atoms with van der Waals surface area (Å²) >= 11 is 0.